The van der Waals surface area contributed by atoms with Gasteiger partial charge in [0.05, 0.1) is 10.9 Å². The van der Waals surface area contributed by atoms with Crippen LogP contribution in [0.4, 0.5) is 4.79 Å². The second-order valence-electron chi connectivity index (χ2n) is 5.37. The standard InChI is InChI=1S/C14H21N3O3S/c1-9-8-21-12(16-9)6-7-15-14(20)17-11-5-3-2-4-10(11)13(18)19/h8,10-11H,2-7H2,1H3,(H,18,19)(H2,15,17,20). The zero-order valence-corrected chi connectivity index (χ0v) is 12.9. The first-order valence-corrected chi connectivity index (χ1v) is 8.12. The number of nitrogens with zero attached hydrogens (tertiary/aromatic N) is 1. The van der Waals surface area contributed by atoms with Crippen molar-refractivity contribution in [2.24, 2.45) is 5.92 Å². The molecular formula is C14H21N3O3S. The molecule has 2 atom stereocenters. The van der Waals surface area contributed by atoms with Gasteiger partial charge in [0, 0.05) is 30.1 Å². The highest BCUT2D eigenvalue weighted by molar-refractivity contribution is 7.09. The van der Waals surface area contributed by atoms with Crippen LogP contribution in [0.5, 0.6) is 0 Å². The van der Waals surface area contributed by atoms with Gasteiger partial charge >= 0.3 is 12.0 Å². The van der Waals surface area contributed by atoms with E-state index in [1.165, 1.54) is 0 Å². The van der Waals surface area contributed by atoms with Gasteiger partial charge in [-0.25, -0.2) is 9.78 Å². The number of aromatic nitrogens is 1. The summed E-state index contributed by atoms with van der Waals surface area (Å²) in [6.07, 6.45) is 3.95. The maximum atomic E-state index is 11.8. The molecule has 1 aliphatic rings. The molecule has 2 rings (SSSR count). The summed E-state index contributed by atoms with van der Waals surface area (Å²) in [4.78, 5) is 27.3. The van der Waals surface area contributed by atoms with Crippen molar-refractivity contribution in [1.82, 2.24) is 15.6 Å². The van der Waals surface area contributed by atoms with Crippen LogP contribution in [0.15, 0.2) is 5.38 Å². The van der Waals surface area contributed by atoms with E-state index in [-0.39, 0.29) is 12.1 Å². The maximum Gasteiger partial charge on any atom is 0.315 e. The summed E-state index contributed by atoms with van der Waals surface area (Å²) in [6, 6.07) is -0.556. The summed E-state index contributed by atoms with van der Waals surface area (Å²) in [5, 5.41) is 17.7. The molecule has 0 aromatic carbocycles. The number of nitrogens with one attached hydrogen (secondary N) is 2. The molecular weight excluding hydrogens is 290 g/mol. The summed E-state index contributed by atoms with van der Waals surface area (Å²) in [5.41, 5.74) is 0.992. The van der Waals surface area contributed by atoms with Gasteiger partial charge in [0.25, 0.3) is 0 Å². The van der Waals surface area contributed by atoms with Gasteiger partial charge in [0.2, 0.25) is 0 Å². The van der Waals surface area contributed by atoms with Crippen LogP contribution in [-0.2, 0) is 11.2 Å². The number of carboxylic acid groups (broad SMARTS) is 1. The van der Waals surface area contributed by atoms with E-state index in [1.54, 1.807) is 11.3 Å². The van der Waals surface area contributed by atoms with Gasteiger partial charge in [-0.3, -0.25) is 4.79 Å². The average Bonchev–Trinajstić information content (AvgIpc) is 2.85. The molecule has 116 valence electrons. The molecule has 6 nitrogen and oxygen atoms in total. The normalized spacial score (nSPS) is 21.8. The number of hydrogen-bond donors (Lipinski definition) is 3. The Morgan fingerprint density at radius 1 is 1.43 bits per heavy atom. The smallest absolute Gasteiger partial charge is 0.315 e. The monoisotopic (exact) mass is 311 g/mol. The Kier molecular flexibility index (Phi) is 5.55. The Balaban J connectivity index is 1.74. The highest BCUT2D eigenvalue weighted by Crippen LogP contribution is 2.24. The summed E-state index contributed by atoms with van der Waals surface area (Å²) >= 11 is 1.58. The van der Waals surface area contributed by atoms with Crippen LogP contribution >= 0.6 is 11.3 Å². The number of rotatable bonds is 5. The van der Waals surface area contributed by atoms with Crippen LogP contribution in [0, 0.1) is 12.8 Å². The first-order valence-electron chi connectivity index (χ1n) is 7.24. The number of hydrogen-bond acceptors (Lipinski definition) is 4. The molecule has 1 aliphatic carbocycles. The molecule has 0 aliphatic heterocycles. The molecule has 21 heavy (non-hydrogen) atoms. The highest BCUT2D eigenvalue weighted by atomic mass is 32.1. The van der Waals surface area contributed by atoms with Crippen molar-refractivity contribution in [3.63, 3.8) is 0 Å². The molecule has 2 amide bonds. The van der Waals surface area contributed by atoms with Crippen LogP contribution in [0.1, 0.15) is 36.4 Å². The van der Waals surface area contributed by atoms with Crippen molar-refractivity contribution in [2.45, 2.75) is 45.1 Å². The van der Waals surface area contributed by atoms with Crippen LogP contribution < -0.4 is 10.6 Å². The predicted octanol–water partition coefficient (Wildman–Crippen LogP) is 1.94. The fraction of sp³-hybridized carbons (Fsp3) is 0.643. The number of aryl methyl sites for hydroxylation is 1. The van der Waals surface area contributed by atoms with E-state index < -0.39 is 11.9 Å². The van der Waals surface area contributed by atoms with E-state index in [1.807, 2.05) is 12.3 Å². The van der Waals surface area contributed by atoms with Crippen LogP contribution in [-0.4, -0.2) is 34.7 Å². The largest absolute Gasteiger partial charge is 0.481 e. The number of aliphatic carboxylic acids is 1. The summed E-state index contributed by atoms with van der Waals surface area (Å²) in [5.74, 6) is -1.29. The van der Waals surface area contributed by atoms with Crippen molar-refractivity contribution >= 4 is 23.3 Å². The van der Waals surface area contributed by atoms with E-state index in [0.717, 1.165) is 30.0 Å². The summed E-state index contributed by atoms with van der Waals surface area (Å²) < 4.78 is 0. The lowest BCUT2D eigenvalue weighted by atomic mass is 9.84. The summed E-state index contributed by atoms with van der Waals surface area (Å²) in [6.45, 7) is 2.44. The number of amides is 2. The van der Waals surface area contributed by atoms with Crippen LogP contribution in [0.2, 0.25) is 0 Å². The van der Waals surface area contributed by atoms with Gasteiger partial charge in [-0.05, 0) is 19.8 Å². The second kappa shape index (κ2) is 7.40. The molecule has 0 bridgehead atoms. The lowest BCUT2D eigenvalue weighted by Crippen LogP contribution is -2.49. The highest BCUT2D eigenvalue weighted by Gasteiger charge is 2.31. The molecule has 1 saturated carbocycles. The quantitative estimate of drug-likeness (QED) is 0.775. The molecule has 0 radical (unpaired) electrons. The topological polar surface area (TPSA) is 91.3 Å². The molecule has 0 spiro atoms. The first-order chi connectivity index (χ1) is 10.1. The van der Waals surface area contributed by atoms with Gasteiger partial charge in [-0.15, -0.1) is 11.3 Å². The van der Waals surface area contributed by atoms with E-state index in [9.17, 15) is 14.7 Å². The lowest BCUT2D eigenvalue weighted by Gasteiger charge is -2.29. The number of urea groups is 1. The molecule has 1 aromatic heterocycles. The fourth-order valence-electron chi connectivity index (χ4n) is 2.62. The molecule has 7 heteroatoms. The molecule has 3 N–H and O–H groups in total. The lowest BCUT2D eigenvalue weighted by molar-refractivity contribution is -0.143. The van der Waals surface area contributed by atoms with E-state index in [2.05, 4.69) is 15.6 Å². The molecule has 1 fully saturated rings. The second-order valence-corrected chi connectivity index (χ2v) is 6.31. The van der Waals surface area contributed by atoms with Crippen molar-refractivity contribution in [3.8, 4) is 0 Å². The third-order valence-corrected chi connectivity index (χ3v) is 4.72. The van der Waals surface area contributed by atoms with Crippen molar-refractivity contribution < 1.29 is 14.7 Å². The third kappa shape index (κ3) is 4.70. The van der Waals surface area contributed by atoms with Crippen molar-refractivity contribution in [2.75, 3.05) is 6.54 Å². The Morgan fingerprint density at radius 2 is 2.19 bits per heavy atom. The average molecular weight is 311 g/mol. The maximum absolute atomic E-state index is 11.8. The van der Waals surface area contributed by atoms with Gasteiger partial charge in [0.15, 0.2) is 0 Å². The van der Waals surface area contributed by atoms with Gasteiger partial charge in [-0.1, -0.05) is 12.8 Å². The SMILES string of the molecule is Cc1csc(CCNC(=O)NC2CCCCC2C(=O)O)n1. The zero-order chi connectivity index (χ0) is 15.2. The van der Waals surface area contributed by atoms with Crippen LogP contribution in [0.3, 0.4) is 0 Å². The van der Waals surface area contributed by atoms with Gasteiger partial charge in [0.1, 0.15) is 0 Å². The first kappa shape index (κ1) is 15.8. The number of carbonyl (C=O) groups is 2. The van der Waals surface area contributed by atoms with E-state index >= 15 is 0 Å². The minimum atomic E-state index is -0.821. The molecule has 1 heterocycles. The minimum absolute atomic E-state index is 0.265. The Labute approximate surface area is 128 Å². The summed E-state index contributed by atoms with van der Waals surface area (Å²) in [7, 11) is 0. The third-order valence-electron chi connectivity index (χ3n) is 3.69. The minimum Gasteiger partial charge on any atom is -0.481 e. The number of thiazole rings is 1. The molecule has 2 unspecified atom stereocenters. The van der Waals surface area contributed by atoms with E-state index in [0.29, 0.717) is 19.4 Å². The number of carboxylic acids is 1. The molecule has 1 aromatic rings. The predicted molar refractivity (Wildman–Crippen MR) is 80.5 cm³/mol. The Bertz CT molecular complexity index is 503. The fourth-order valence-corrected chi connectivity index (χ4v) is 3.40. The van der Waals surface area contributed by atoms with Crippen molar-refractivity contribution in [1.29, 1.82) is 0 Å². The molecule has 0 saturated heterocycles. The van der Waals surface area contributed by atoms with Gasteiger partial charge < -0.3 is 15.7 Å². The Hall–Kier alpha value is -1.63. The van der Waals surface area contributed by atoms with Crippen molar-refractivity contribution in [3.05, 3.63) is 16.1 Å². The van der Waals surface area contributed by atoms with E-state index in [4.69, 9.17) is 0 Å². The van der Waals surface area contributed by atoms with Crippen LogP contribution in [0.25, 0.3) is 0 Å². The van der Waals surface area contributed by atoms with Gasteiger partial charge in [-0.2, -0.15) is 0 Å². The zero-order valence-electron chi connectivity index (χ0n) is 12.1. The number of carbonyl (C=O) groups excluding carboxylic acids is 1. The Morgan fingerprint density at radius 3 is 2.86 bits per heavy atom.